The van der Waals surface area contributed by atoms with Gasteiger partial charge in [-0.05, 0) is 0 Å². The van der Waals surface area contributed by atoms with Gasteiger partial charge in [-0.15, -0.1) is 0 Å². The number of ether oxygens (including phenoxy) is 2. The molecule has 31 heavy (non-hydrogen) atoms. The molecule has 0 radical (unpaired) electrons. The van der Waals surface area contributed by atoms with Crippen LogP contribution in [0.1, 0.15) is 13.8 Å². The molecular formula is C14H21ClF6N2O8. The number of nitrogens with one attached hydrogen (secondary N) is 1. The van der Waals surface area contributed by atoms with Crippen LogP contribution >= 0.6 is 11.6 Å². The predicted molar refractivity (Wildman–Crippen MR) is 91.3 cm³/mol. The largest absolute Gasteiger partial charge is 0.480 e. The molecule has 0 aromatic heterocycles. The maximum absolute atomic E-state index is 12.2. The van der Waals surface area contributed by atoms with Crippen LogP contribution in [0.25, 0.3) is 0 Å². The van der Waals surface area contributed by atoms with Gasteiger partial charge >= 0.3 is 35.8 Å². The first kappa shape index (κ1) is 33.2. The molecule has 0 saturated heterocycles. The third-order valence-electron chi connectivity index (χ3n) is 3.24. The second kappa shape index (κ2) is 14.5. The Morgan fingerprint density at radius 2 is 1.23 bits per heavy atom. The van der Waals surface area contributed by atoms with Crippen molar-refractivity contribution in [1.82, 2.24) is 5.32 Å². The lowest BCUT2D eigenvalue weighted by atomic mass is 10.0. The number of rotatable bonds is 5. The Bertz CT molecular complexity index is 602. The fraction of sp³-hybridized carbons (Fsp3) is 0.714. The minimum Gasteiger partial charge on any atom is -0.480 e. The average Bonchev–Trinajstić information content (AvgIpc) is 2.63. The molecule has 184 valence electrons. The number of carboxylic acid groups (broad SMARTS) is 2. The summed E-state index contributed by atoms with van der Waals surface area (Å²) in [5, 5.41) is 18.2. The first-order valence-corrected chi connectivity index (χ1v) is 8.04. The fourth-order valence-electron chi connectivity index (χ4n) is 1.19. The SMILES string of the molecule is CC([C@H](N)C(=O)O)C(F)(F)F.COC(=O)Cl.COC(=O)N[C@H](C(=O)O)C(C)C(F)(F)F. The summed E-state index contributed by atoms with van der Waals surface area (Å²) < 4.78 is 79.5. The topological polar surface area (TPSA) is 165 Å². The number of carbonyl (C=O) groups is 4. The second-order valence-corrected chi connectivity index (χ2v) is 5.73. The van der Waals surface area contributed by atoms with Crippen molar-refractivity contribution < 1.29 is 65.2 Å². The summed E-state index contributed by atoms with van der Waals surface area (Å²) in [5.41, 5.74) is 3.95. The van der Waals surface area contributed by atoms with E-state index < -0.39 is 59.7 Å². The molecule has 17 heteroatoms. The maximum atomic E-state index is 12.2. The van der Waals surface area contributed by atoms with E-state index in [-0.39, 0.29) is 0 Å². The minimum absolute atomic E-state index is 0.661. The van der Waals surface area contributed by atoms with Gasteiger partial charge in [0, 0.05) is 11.6 Å². The number of methoxy groups -OCH3 is 2. The zero-order valence-electron chi connectivity index (χ0n) is 16.4. The average molecular weight is 495 g/mol. The lowest BCUT2D eigenvalue weighted by Gasteiger charge is -2.22. The lowest BCUT2D eigenvalue weighted by Crippen LogP contribution is -2.49. The van der Waals surface area contributed by atoms with E-state index in [4.69, 9.17) is 15.9 Å². The van der Waals surface area contributed by atoms with Crippen molar-refractivity contribution in [2.45, 2.75) is 38.3 Å². The molecule has 0 aromatic carbocycles. The number of nitrogens with two attached hydrogens (primary N) is 1. The summed E-state index contributed by atoms with van der Waals surface area (Å²) in [6.45, 7) is 1.40. The van der Waals surface area contributed by atoms with Gasteiger partial charge in [-0.3, -0.25) is 4.79 Å². The zero-order valence-corrected chi connectivity index (χ0v) is 17.1. The Balaban J connectivity index is -0.000000428. The van der Waals surface area contributed by atoms with Crippen molar-refractivity contribution in [3.8, 4) is 0 Å². The molecule has 1 amide bonds. The van der Waals surface area contributed by atoms with Gasteiger partial charge in [0.05, 0.1) is 26.1 Å². The number of alkyl carbamates (subject to hydrolysis) is 1. The summed E-state index contributed by atoms with van der Waals surface area (Å²) in [6.07, 6.45) is -10.5. The standard InChI is InChI=1S/C7H10F3NO4.C5H8F3NO2.C2H3ClO2/c1-3(7(8,9)10)4(5(12)13)11-6(14)15-2;1-2(5(6,7)8)3(9)4(10)11;1-5-2(3)4/h3-4H,1-2H3,(H,11,14)(H,12,13);2-3H,9H2,1H3,(H,10,11);1H3/t3?,4-;2?,3-;/m00./s1. The summed E-state index contributed by atoms with van der Waals surface area (Å²) in [6, 6.07) is -3.94. The summed E-state index contributed by atoms with van der Waals surface area (Å²) in [4.78, 5) is 40.4. The molecule has 0 saturated carbocycles. The molecular weight excluding hydrogens is 474 g/mol. The second-order valence-electron chi connectivity index (χ2n) is 5.42. The van der Waals surface area contributed by atoms with Crippen molar-refractivity contribution in [3.63, 3.8) is 0 Å². The molecule has 5 N–H and O–H groups in total. The van der Waals surface area contributed by atoms with E-state index in [0.29, 0.717) is 6.92 Å². The van der Waals surface area contributed by atoms with Crippen molar-refractivity contribution in [1.29, 1.82) is 0 Å². The van der Waals surface area contributed by atoms with Crippen molar-refractivity contribution >= 4 is 35.1 Å². The van der Waals surface area contributed by atoms with Crippen LogP contribution in [0.3, 0.4) is 0 Å². The Morgan fingerprint density at radius 3 is 1.39 bits per heavy atom. The Labute approximate surface area is 176 Å². The third-order valence-corrected chi connectivity index (χ3v) is 3.40. The monoisotopic (exact) mass is 494 g/mol. The number of carboxylic acids is 2. The van der Waals surface area contributed by atoms with Gasteiger partial charge in [0.15, 0.2) is 0 Å². The van der Waals surface area contributed by atoms with Crippen molar-refractivity contribution in [2.75, 3.05) is 14.2 Å². The molecule has 0 bridgehead atoms. The van der Waals surface area contributed by atoms with Crippen LogP contribution in [0.4, 0.5) is 35.9 Å². The van der Waals surface area contributed by atoms with Crippen LogP contribution < -0.4 is 11.1 Å². The molecule has 2 unspecified atom stereocenters. The number of alkyl halides is 6. The molecule has 0 aliphatic carbocycles. The summed E-state index contributed by atoms with van der Waals surface area (Å²) in [7, 11) is 2.14. The molecule has 0 spiro atoms. The highest BCUT2D eigenvalue weighted by Crippen LogP contribution is 2.28. The van der Waals surface area contributed by atoms with Crippen LogP contribution in [0.5, 0.6) is 0 Å². The van der Waals surface area contributed by atoms with Gasteiger partial charge < -0.3 is 30.7 Å². The molecule has 0 rings (SSSR count). The quantitative estimate of drug-likeness (QED) is 0.332. The highest BCUT2D eigenvalue weighted by atomic mass is 35.5. The van der Waals surface area contributed by atoms with Crippen LogP contribution in [0, 0.1) is 11.8 Å². The van der Waals surface area contributed by atoms with Crippen LogP contribution in [0.15, 0.2) is 0 Å². The molecule has 0 aliphatic rings. The highest BCUT2D eigenvalue weighted by molar-refractivity contribution is 6.61. The van der Waals surface area contributed by atoms with Crippen LogP contribution in [-0.4, -0.2) is 72.3 Å². The van der Waals surface area contributed by atoms with Gasteiger partial charge in [0.2, 0.25) is 0 Å². The fourth-order valence-corrected chi connectivity index (χ4v) is 1.19. The van der Waals surface area contributed by atoms with Gasteiger partial charge in [-0.1, -0.05) is 13.8 Å². The van der Waals surface area contributed by atoms with Gasteiger partial charge in [0.25, 0.3) is 0 Å². The van der Waals surface area contributed by atoms with Gasteiger partial charge in [-0.2, -0.15) is 26.3 Å². The van der Waals surface area contributed by atoms with E-state index in [0.717, 1.165) is 14.0 Å². The Hall–Kier alpha value is -2.49. The highest BCUT2D eigenvalue weighted by Gasteiger charge is 2.45. The van der Waals surface area contributed by atoms with E-state index >= 15 is 0 Å². The molecule has 0 aliphatic heterocycles. The molecule has 4 atom stereocenters. The maximum Gasteiger partial charge on any atom is 0.407 e. The summed E-state index contributed by atoms with van der Waals surface area (Å²) in [5.74, 6) is -7.63. The molecule has 0 aromatic rings. The predicted octanol–water partition coefficient (Wildman–Crippen LogP) is 2.58. The van der Waals surface area contributed by atoms with Crippen LogP contribution in [-0.2, 0) is 19.1 Å². The number of halogens is 7. The normalized spacial score (nSPS) is 14.7. The molecule has 0 fully saturated rings. The number of amides is 1. The first-order chi connectivity index (χ1) is 13.7. The first-order valence-electron chi connectivity index (χ1n) is 7.66. The van der Waals surface area contributed by atoms with E-state index in [9.17, 15) is 45.5 Å². The van der Waals surface area contributed by atoms with E-state index in [1.54, 1.807) is 5.32 Å². The van der Waals surface area contributed by atoms with Crippen molar-refractivity contribution in [2.24, 2.45) is 17.6 Å². The molecule has 0 heterocycles. The smallest absolute Gasteiger partial charge is 0.407 e. The van der Waals surface area contributed by atoms with Gasteiger partial charge in [-0.25, -0.2) is 14.4 Å². The number of hydrogen-bond donors (Lipinski definition) is 4. The van der Waals surface area contributed by atoms with Crippen molar-refractivity contribution in [3.05, 3.63) is 0 Å². The van der Waals surface area contributed by atoms with E-state index in [1.807, 2.05) is 0 Å². The summed E-state index contributed by atoms with van der Waals surface area (Å²) >= 11 is 4.60. The van der Waals surface area contributed by atoms with E-state index in [1.165, 1.54) is 7.11 Å². The number of carbonyl (C=O) groups excluding carboxylic acids is 2. The zero-order chi connectivity index (χ0) is 25.7. The minimum atomic E-state index is -4.70. The lowest BCUT2D eigenvalue weighted by molar-refractivity contribution is -0.184. The Kier molecular flexibility index (Phi) is 15.5. The number of aliphatic carboxylic acids is 2. The third kappa shape index (κ3) is 15.9. The van der Waals surface area contributed by atoms with E-state index in [2.05, 4.69) is 21.1 Å². The molecule has 10 nitrogen and oxygen atoms in total. The van der Waals surface area contributed by atoms with Crippen LogP contribution in [0.2, 0.25) is 0 Å². The Morgan fingerprint density at radius 1 is 0.871 bits per heavy atom. The number of hydrogen-bond acceptors (Lipinski definition) is 7. The van der Waals surface area contributed by atoms with Gasteiger partial charge in [0.1, 0.15) is 12.1 Å².